The number of nitrogens with one attached hydrogen (secondary N) is 3. The van der Waals surface area contributed by atoms with E-state index in [1.54, 1.807) is 0 Å². The van der Waals surface area contributed by atoms with E-state index in [4.69, 9.17) is 90.0 Å². The molecule has 54 heteroatoms. The van der Waals surface area contributed by atoms with E-state index in [2.05, 4.69) is 16.0 Å². The SMILES string of the molecule is CC(=O)N[C@H]1[C@H](O[C@H]2[C@@H](O)[C@@H](CO)O[C@H](O[C@H]3[C@@H](O)[C@@H](CO)O[C@@H](O[C@H]4[C@H](O)[C@@H](NC(C)=O)[C@H](O[C@H]5[C@@H](O)[C@@H](CO)O[C@H](O[C@H]6[C@@H](O)[C@@H](CO)O[C@@H](O[C@H]7[C@H](O)[C@@H](NC(C)=O)[C@H](O[C@H]8[C@@H](O)[C@@H](CO)O[C@@H](O[C@H]9[C@H](O)[C@@H](O)[C@@H](O)O[C@@H]9CO)[C@@H]8O)O[C@@H]7CO)[C@@H]6O)[C@@H]5O)O[C@@H]4CO)[C@@H]3O)[C@@H]2O)O[C@H](CO)[C@@H](O[C@@H]2O[C@H](CO)[C@H](O)[C@H](O)[C@H]2O)[C@@H]1O. The quantitative estimate of drug-likeness (QED) is 0.0306. The zero-order chi connectivity index (χ0) is 88.2. The van der Waals surface area contributed by atoms with Crippen molar-refractivity contribution in [1.29, 1.82) is 0 Å². The van der Waals surface area contributed by atoms with Crippen LogP contribution in [0.3, 0.4) is 0 Å². The van der Waals surface area contributed by atoms with Crippen molar-refractivity contribution < 1.29 is 252 Å². The lowest BCUT2D eigenvalue weighted by Gasteiger charge is -2.51. The molecule has 32 N–H and O–H groups in total. The molecule has 0 aliphatic carbocycles. The second-order valence-electron chi connectivity index (χ2n) is 30.2. The summed E-state index contributed by atoms with van der Waals surface area (Å²) in [6.45, 7) is -8.11. The van der Waals surface area contributed by atoms with Gasteiger partial charge in [0.15, 0.2) is 62.9 Å². The molecule has 0 saturated carbocycles. The summed E-state index contributed by atoms with van der Waals surface area (Å²) in [4.78, 5) is 38.5. The molecular weight excluding hydrogens is 1650 g/mol. The Kier molecular flexibility index (Phi) is 35.4. The first kappa shape index (κ1) is 98.7. The van der Waals surface area contributed by atoms with Gasteiger partial charge in [0.05, 0.1) is 66.1 Å². The molecule has 0 bridgehead atoms. The standard InChI is InChI=1S/C66H111N3O51/c1-14(80)67-27-36(89)48(112-61-42(95)39(92)30(83)17(4-70)103-61)24(11-77)109-58(27)117-53-32(85)19(6-72)107-65(44(53)97)119-55-34(87)22(9-75)105-63(47(55)100)114-50-26(13-79)111-60(29(38(50)91)69-16(3)82)118-54-33(86)20(7-73)108-66(45(54)98)120-56-35(88)21(8-74)104-62(46(56)99)113-49-25(12-78)110-59(28(37(49)90)68-15(2)81)116-52-31(84)18(5-71)106-64(43(52)96)115-51-23(10-76)102-57(101)41(94)40(51)93/h17-66,70-79,83-101H,4-13H2,1-3H3,(H,67,80)(H,68,81)(H,69,82)/t17-,18-,19-,20-,21-,22-,23-,24-,25-,26-,27-,28-,29-,30+,31+,32+,33+,34+,35+,36-,37-,38-,39+,40-,41-,42-,43-,44-,45-,46-,47-,48-,49-,50-,51-,52+,53+,54+,55+,56+,57+,58+,59+,60+,61+,62+,63+,64+,65-,66-/m1/s1. The predicted octanol–water partition coefficient (Wildman–Crippen LogP) is -22.4. The van der Waals surface area contributed by atoms with E-state index in [-0.39, 0.29) is 0 Å². The van der Waals surface area contributed by atoms with Gasteiger partial charge >= 0.3 is 0 Å². The third-order valence-corrected chi connectivity index (χ3v) is 22.1. The van der Waals surface area contributed by atoms with Gasteiger partial charge in [-0.25, -0.2) is 0 Å². The summed E-state index contributed by atoms with van der Waals surface area (Å²) in [7, 11) is 0. The molecule has 3 amide bonds. The highest BCUT2D eigenvalue weighted by atomic mass is 16.8. The molecule has 0 aromatic rings. The molecule has 0 radical (unpaired) electrons. The minimum atomic E-state index is -2.43. The number of carbonyl (C=O) groups excluding carboxylic acids is 3. The molecular formula is C66H111N3O51. The first-order valence-electron chi connectivity index (χ1n) is 38.2. The molecule has 10 rings (SSSR count). The fourth-order valence-electron chi connectivity index (χ4n) is 15.7. The minimum absolute atomic E-state index is 0.893. The van der Waals surface area contributed by atoms with Gasteiger partial charge in [0.1, 0.15) is 244 Å². The second kappa shape index (κ2) is 43.1. The van der Waals surface area contributed by atoms with E-state index in [1.165, 1.54) is 0 Å². The number of carbonyl (C=O) groups is 3. The van der Waals surface area contributed by atoms with Crippen LogP contribution in [0.5, 0.6) is 0 Å². The van der Waals surface area contributed by atoms with Gasteiger partial charge in [0, 0.05) is 20.8 Å². The normalized spacial score (nSPS) is 50.4. The Morgan fingerprint density at radius 1 is 0.200 bits per heavy atom. The smallest absolute Gasteiger partial charge is 0.217 e. The van der Waals surface area contributed by atoms with Crippen molar-refractivity contribution in [2.45, 2.75) is 328 Å². The number of ether oxygens (including phenoxy) is 19. The van der Waals surface area contributed by atoms with E-state index in [1.807, 2.05) is 0 Å². The molecule has 10 heterocycles. The van der Waals surface area contributed by atoms with E-state index < -0.39 is 391 Å². The Hall–Kier alpha value is -3.51. The van der Waals surface area contributed by atoms with Crippen LogP contribution in [0.1, 0.15) is 20.8 Å². The van der Waals surface area contributed by atoms with Crippen LogP contribution < -0.4 is 16.0 Å². The highest BCUT2D eigenvalue weighted by molar-refractivity contribution is 5.74. The number of aliphatic hydroxyl groups excluding tert-OH is 29. The summed E-state index contributed by atoms with van der Waals surface area (Å²) in [6, 6.07) is -5.73. The van der Waals surface area contributed by atoms with Crippen LogP contribution in [0.2, 0.25) is 0 Å². The zero-order valence-corrected chi connectivity index (χ0v) is 63.9. The monoisotopic (exact) mass is 1760 g/mol. The Bertz CT molecular complexity index is 3180. The molecule has 696 valence electrons. The third-order valence-electron chi connectivity index (χ3n) is 22.1. The lowest BCUT2D eigenvalue weighted by molar-refractivity contribution is -0.395. The highest BCUT2D eigenvalue weighted by Crippen LogP contribution is 2.41. The maximum absolute atomic E-state index is 13.0. The van der Waals surface area contributed by atoms with Crippen LogP contribution in [0.15, 0.2) is 0 Å². The van der Waals surface area contributed by atoms with E-state index >= 15 is 0 Å². The number of aliphatic hydroxyl groups is 29. The lowest BCUT2D eigenvalue weighted by Crippen LogP contribution is -2.71. The van der Waals surface area contributed by atoms with Crippen LogP contribution in [-0.2, 0) is 104 Å². The van der Waals surface area contributed by atoms with E-state index in [0.29, 0.717) is 0 Å². The van der Waals surface area contributed by atoms with E-state index in [9.17, 15) is 162 Å². The van der Waals surface area contributed by atoms with Gasteiger partial charge in [-0.3, -0.25) is 14.4 Å². The van der Waals surface area contributed by atoms with Crippen LogP contribution >= 0.6 is 0 Å². The maximum Gasteiger partial charge on any atom is 0.217 e. The molecule has 0 aromatic carbocycles. The number of hydrogen-bond donors (Lipinski definition) is 32. The third kappa shape index (κ3) is 21.1. The summed E-state index contributed by atoms with van der Waals surface area (Å²) < 4.78 is 110. The van der Waals surface area contributed by atoms with Crippen molar-refractivity contribution in [3.63, 3.8) is 0 Å². The summed E-state index contributed by atoms with van der Waals surface area (Å²) in [5, 5.41) is 327. The van der Waals surface area contributed by atoms with Gasteiger partial charge < -0.3 is 254 Å². The average Bonchev–Trinajstić information content (AvgIpc) is 0.770. The lowest BCUT2D eigenvalue weighted by atomic mass is 9.93. The molecule has 50 atom stereocenters. The highest BCUT2D eigenvalue weighted by Gasteiger charge is 2.62. The molecule has 10 fully saturated rings. The number of hydrogen-bond acceptors (Lipinski definition) is 51. The van der Waals surface area contributed by atoms with Gasteiger partial charge in [0.25, 0.3) is 0 Å². The van der Waals surface area contributed by atoms with Gasteiger partial charge in [-0.05, 0) is 0 Å². The van der Waals surface area contributed by atoms with Crippen LogP contribution in [0.25, 0.3) is 0 Å². The van der Waals surface area contributed by atoms with Crippen molar-refractivity contribution >= 4 is 17.7 Å². The predicted molar refractivity (Wildman–Crippen MR) is 364 cm³/mol. The van der Waals surface area contributed by atoms with Crippen LogP contribution in [0, 0.1) is 0 Å². The zero-order valence-electron chi connectivity index (χ0n) is 63.9. The minimum Gasteiger partial charge on any atom is -0.394 e. The molecule has 10 aliphatic rings. The van der Waals surface area contributed by atoms with Crippen molar-refractivity contribution in [2.24, 2.45) is 0 Å². The molecule has 10 saturated heterocycles. The average molecular weight is 1760 g/mol. The van der Waals surface area contributed by atoms with Crippen LogP contribution in [-0.4, -0.2) is 539 Å². The number of amides is 3. The first-order chi connectivity index (χ1) is 56.9. The van der Waals surface area contributed by atoms with Crippen molar-refractivity contribution in [3.8, 4) is 0 Å². The van der Waals surface area contributed by atoms with Crippen molar-refractivity contribution in [1.82, 2.24) is 16.0 Å². The Balaban J connectivity index is 0.820. The molecule has 10 aliphatic heterocycles. The number of rotatable bonds is 31. The maximum atomic E-state index is 13.0. The molecule has 120 heavy (non-hydrogen) atoms. The Morgan fingerprint density at radius 3 is 0.608 bits per heavy atom. The summed E-state index contributed by atoms with van der Waals surface area (Å²) in [5.74, 6) is -2.81. The molecule has 0 spiro atoms. The molecule has 0 aromatic heterocycles. The largest absolute Gasteiger partial charge is 0.394 e. The Labute approximate surface area is 678 Å². The van der Waals surface area contributed by atoms with Gasteiger partial charge in [-0.2, -0.15) is 0 Å². The Morgan fingerprint density at radius 2 is 0.383 bits per heavy atom. The second-order valence-corrected chi connectivity index (χ2v) is 30.2. The van der Waals surface area contributed by atoms with Crippen LogP contribution in [0.4, 0.5) is 0 Å². The van der Waals surface area contributed by atoms with Gasteiger partial charge in [-0.15, -0.1) is 0 Å². The van der Waals surface area contributed by atoms with Crippen molar-refractivity contribution in [2.75, 3.05) is 66.1 Å². The molecule has 54 nitrogen and oxygen atoms in total. The topological polar surface area (TPSA) is 849 Å². The van der Waals surface area contributed by atoms with Gasteiger partial charge in [0.2, 0.25) is 17.7 Å². The fraction of sp³-hybridized carbons (Fsp3) is 0.955. The summed E-state index contributed by atoms with van der Waals surface area (Å²) >= 11 is 0. The molecule has 0 unspecified atom stereocenters. The summed E-state index contributed by atoms with van der Waals surface area (Å²) in [6.07, 6.45) is -96.9. The first-order valence-corrected chi connectivity index (χ1v) is 38.2. The van der Waals surface area contributed by atoms with Crippen molar-refractivity contribution in [3.05, 3.63) is 0 Å². The fourth-order valence-corrected chi connectivity index (χ4v) is 15.7. The van der Waals surface area contributed by atoms with E-state index in [0.717, 1.165) is 20.8 Å². The van der Waals surface area contributed by atoms with Gasteiger partial charge in [-0.1, -0.05) is 0 Å². The summed E-state index contributed by atoms with van der Waals surface area (Å²) in [5.41, 5.74) is 0.